The minimum Gasteiger partial charge on any atom is -0.444 e. The molecule has 0 bridgehead atoms. The van der Waals surface area contributed by atoms with Crippen LogP contribution in [0.4, 0.5) is 0 Å². The van der Waals surface area contributed by atoms with Gasteiger partial charge in [0, 0.05) is 24.4 Å². The van der Waals surface area contributed by atoms with Gasteiger partial charge < -0.3 is 15.1 Å². The first-order chi connectivity index (χ1) is 15.7. The van der Waals surface area contributed by atoms with E-state index in [2.05, 4.69) is 69.3 Å². The van der Waals surface area contributed by atoms with E-state index in [0.29, 0.717) is 24.9 Å². The summed E-state index contributed by atoms with van der Waals surface area (Å²) in [5.41, 5.74) is 5.35. The Morgan fingerprint density at radius 2 is 1.69 bits per heavy atom. The van der Waals surface area contributed by atoms with E-state index >= 15 is 0 Å². The van der Waals surface area contributed by atoms with Gasteiger partial charge in [0.05, 0.1) is 29.5 Å². The van der Waals surface area contributed by atoms with Crippen molar-refractivity contribution in [3.8, 4) is 11.5 Å². The summed E-state index contributed by atoms with van der Waals surface area (Å²) in [7, 11) is 1.75. The third-order valence-corrected chi connectivity index (χ3v) is 5.97. The highest BCUT2D eigenvalue weighted by atomic mass is 32.1. The van der Waals surface area contributed by atoms with Gasteiger partial charge in [-0.1, -0.05) is 48.0 Å². The summed E-state index contributed by atoms with van der Waals surface area (Å²) in [6.07, 6.45) is 3.64. The Hall–Kier alpha value is -3.45. The summed E-state index contributed by atoms with van der Waals surface area (Å²) < 4.78 is 5.62. The first-order valence-electron chi connectivity index (χ1n) is 10.6. The van der Waals surface area contributed by atoms with E-state index in [1.165, 1.54) is 11.1 Å². The average Bonchev–Trinajstić information content (AvgIpc) is 3.49. The molecule has 4 aromatic rings. The lowest BCUT2D eigenvalue weighted by molar-refractivity contribution is 0.572. The molecular weight excluding hydrogens is 418 g/mol. The number of hydrogen-bond acceptors (Lipinski definition) is 5. The van der Waals surface area contributed by atoms with Gasteiger partial charge in [-0.05, 0) is 31.0 Å². The van der Waals surface area contributed by atoms with Crippen molar-refractivity contribution in [1.29, 1.82) is 0 Å². The number of guanidine groups is 1. The second-order valence-electron chi connectivity index (χ2n) is 7.51. The molecule has 0 spiro atoms. The Kier molecular flexibility index (Phi) is 7.30. The lowest BCUT2D eigenvalue weighted by Gasteiger charge is -2.09. The summed E-state index contributed by atoms with van der Waals surface area (Å²) >= 11 is 1.71. The molecule has 0 amide bonds. The smallest absolute Gasteiger partial charge is 0.226 e. The van der Waals surface area contributed by atoms with Crippen molar-refractivity contribution in [2.45, 2.75) is 32.9 Å². The summed E-state index contributed by atoms with van der Waals surface area (Å²) in [6.45, 7) is 3.20. The lowest BCUT2D eigenvalue weighted by atomic mass is 10.1. The highest BCUT2D eigenvalue weighted by molar-refractivity contribution is 7.09. The molecule has 0 aliphatic heterocycles. The molecule has 0 saturated carbocycles. The molecule has 0 atom stereocenters. The first-order valence-corrected chi connectivity index (χ1v) is 11.5. The van der Waals surface area contributed by atoms with Crippen LogP contribution in [0, 0.1) is 6.92 Å². The molecule has 6 nitrogen and oxygen atoms in total. The molecule has 4 rings (SSSR count). The number of nitrogens with zero attached hydrogens (tertiary/aromatic N) is 3. The predicted octanol–water partition coefficient (Wildman–Crippen LogP) is 4.76. The fourth-order valence-corrected chi connectivity index (χ4v) is 4.02. The van der Waals surface area contributed by atoms with Crippen LogP contribution in [0.3, 0.4) is 0 Å². The van der Waals surface area contributed by atoms with Crippen LogP contribution in [-0.4, -0.2) is 23.0 Å². The maximum absolute atomic E-state index is 5.62. The number of aliphatic imine (C=N–C) groups is 1. The van der Waals surface area contributed by atoms with Gasteiger partial charge in [-0.3, -0.25) is 4.99 Å². The largest absolute Gasteiger partial charge is 0.444 e. The molecule has 2 heterocycles. The zero-order valence-electron chi connectivity index (χ0n) is 18.3. The van der Waals surface area contributed by atoms with E-state index in [0.717, 1.165) is 34.8 Å². The van der Waals surface area contributed by atoms with Crippen molar-refractivity contribution < 1.29 is 4.42 Å². The van der Waals surface area contributed by atoms with Crippen LogP contribution in [0.15, 0.2) is 75.7 Å². The van der Waals surface area contributed by atoms with Crippen molar-refractivity contribution in [2.75, 3.05) is 7.05 Å². The van der Waals surface area contributed by atoms with Gasteiger partial charge in [0.15, 0.2) is 5.96 Å². The Balaban J connectivity index is 1.24. The van der Waals surface area contributed by atoms with E-state index in [9.17, 15) is 0 Å². The fourth-order valence-electron chi connectivity index (χ4n) is 3.23. The lowest BCUT2D eigenvalue weighted by Crippen LogP contribution is -2.36. The maximum atomic E-state index is 5.62. The summed E-state index contributed by atoms with van der Waals surface area (Å²) in [4.78, 5) is 13.6. The van der Waals surface area contributed by atoms with Gasteiger partial charge in [-0.15, -0.1) is 11.3 Å². The third-order valence-electron chi connectivity index (χ3n) is 5.02. The Labute approximate surface area is 192 Å². The second-order valence-corrected chi connectivity index (χ2v) is 8.45. The minimum atomic E-state index is 0.522. The van der Waals surface area contributed by atoms with Gasteiger partial charge in [0.25, 0.3) is 0 Å². The Morgan fingerprint density at radius 3 is 2.44 bits per heavy atom. The molecule has 0 unspecified atom stereocenters. The number of hydrogen-bond donors (Lipinski definition) is 2. The van der Waals surface area contributed by atoms with Crippen LogP contribution in [0.1, 0.15) is 27.5 Å². The SMILES string of the molecule is CN=C(NCc1coc(-c2ccc(C)cc2)n1)NCc1csc(CCc2ccccc2)n1. The number of rotatable bonds is 8. The maximum Gasteiger partial charge on any atom is 0.226 e. The fraction of sp³-hybridized carbons (Fsp3) is 0.240. The molecule has 2 N–H and O–H groups in total. The van der Waals surface area contributed by atoms with Gasteiger partial charge in [-0.2, -0.15) is 0 Å². The molecular formula is C25H27N5OS. The van der Waals surface area contributed by atoms with E-state index in [-0.39, 0.29) is 0 Å². The van der Waals surface area contributed by atoms with E-state index in [1.54, 1.807) is 24.6 Å². The van der Waals surface area contributed by atoms with E-state index < -0.39 is 0 Å². The first kappa shape index (κ1) is 21.8. The minimum absolute atomic E-state index is 0.522. The van der Waals surface area contributed by atoms with Crippen LogP contribution in [0.25, 0.3) is 11.5 Å². The molecule has 7 heteroatoms. The quantitative estimate of drug-likeness (QED) is 0.302. The number of oxazole rings is 1. The molecule has 0 aliphatic carbocycles. The number of thiazole rings is 1. The molecule has 2 aromatic heterocycles. The van der Waals surface area contributed by atoms with Crippen LogP contribution in [-0.2, 0) is 25.9 Å². The summed E-state index contributed by atoms with van der Waals surface area (Å²) in [5.74, 6) is 1.32. The second kappa shape index (κ2) is 10.7. The Morgan fingerprint density at radius 1 is 0.938 bits per heavy atom. The number of benzene rings is 2. The molecule has 164 valence electrons. The highest BCUT2D eigenvalue weighted by Gasteiger charge is 2.08. The van der Waals surface area contributed by atoms with Crippen molar-refractivity contribution in [2.24, 2.45) is 4.99 Å². The summed E-state index contributed by atoms with van der Waals surface area (Å²) in [5, 5.41) is 9.84. The molecule has 2 aromatic carbocycles. The molecule has 0 fully saturated rings. The van der Waals surface area contributed by atoms with Crippen LogP contribution < -0.4 is 10.6 Å². The predicted molar refractivity (Wildman–Crippen MR) is 130 cm³/mol. The summed E-state index contributed by atoms with van der Waals surface area (Å²) in [6, 6.07) is 18.6. The van der Waals surface area contributed by atoms with Crippen LogP contribution in [0.2, 0.25) is 0 Å². The average molecular weight is 446 g/mol. The zero-order valence-corrected chi connectivity index (χ0v) is 19.2. The molecule has 0 saturated heterocycles. The van der Waals surface area contributed by atoms with Crippen molar-refractivity contribution in [3.63, 3.8) is 0 Å². The van der Waals surface area contributed by atoms with Gasteiger partial charge in [0.1, 0.15) is 6.26 Å². The van der Waals surface area contributed by atoms with Crippen LogP contribution >= 0.6 is 11.3 Å². The zero-order chi connectivity index (χ0) is 22.2. The van der Waals surface area contributed by atoms with Crippen molar-refractivity contribution in [3.05, 3.63) is 93.8 Å². The van der Waals surface area contributed by atoms with Gasteiger partial charge in [0.2, 0.25) is 5.89 Å². The Bertz CT molecular complexity index is 1150. The number of aryl methyl sites for hydroxylation is 3. The van der Waals surface area contributed by atoms with E-state index in [4.69, 9.17) is 9.40 Å². The van der Waals surface area contributed by atoms with Crippen molar-refractivity contribution in [1.82, 2.24) is 20.6 Å². The van der Waals surface area contributed by atoms with Crippen LogP contribution in [0.5, 0.6) is 0 Å². The number of nitrogens with one attached hydrogen (secondary N) is 2. The number of aromatic nitrogens is 2. The van der Waals surface area contributed by atoms with E-state index in [1.807, 2.05) is 18.2 Å². The molecule has 32 heavy (non-hydrogen) atoms. The third kappa shape index (κ3) is 6.04. The van der Waals surface area contributed by atoms with Crippen molar-refractivity contribution >= 4 is 17.3 Å². The van der Waals surface area contributed by atoms with Gasteiger partial charge >= 0.3 is 0 Å². The van der Waals surface area contributed by atoms with Gasteiger partial charge in [-0.25, -0.2) is 9.97 Å². The normalized spacial score (nSPS) is 11.5. The highest BCUT2D eigenvalue weighted by Crippen LogP contribution is 2.19. The molecule has 0 radical (unpaired) electrons. The monoisotopic (exact) mass is 445 g/mol. The standard InChI is InChI=1S/C25H27N5OS/c1-18-8-11-20(12-9-18)24-30-21(16-31-24)14-27-25(26-2)28-15-22-17-32-23(29-22)13-10-19-6-4-3-5-7-19/h3-9,11-12,16-17H,10,13-15H2,1-2H3,(H2,26,27,28). The molecule has 0 aliphatic rings. The topological polar surface area (TPSA) is 75.3 Å².